The van der Waals surface area contributed by atoms with Gasteiger partial charge in [-0.1, -0.05) is 63.3 Å². The number of amides is 2. The number of hydrogen-bond donors (Lipinski definition) is 2. The van der Waals surface area contributed by atoms with E-state index < -0.39 is 6.04 Å². The highest BCUT2D eigenvalue weighted by Crippen LogP contribution is 2.40. The molecule has 2 fully saturated rings. The molecule has 2 N–H and O–H groups in total. The van der Waals surface area contributed by atoms with Gasteiger partial charge in [0.05, 0.1) is 10.6 Å². The summed E-state index contributed by atoms with van der Waals surface area (Å²) in [7, 11) is 0. The largest absolute Gasteiger partial charge is 0.352 e. The van der Waals surface area contributed by atoms with Crippen LogP contribution in [0.15, 0.2) is 24.3 Å². The standard InChI is InChI=1S/C22H31ClN2O2/c1-14(2)20(25-21(26)18-9-5-6-10-19(18)23)22(27)24-17-12-11-15-7-3-4-8-16(15)13-17/h5-6,9-10,14-17,20H,3-4,7-8,11-13H2,1-2H3,(H,24,27)(H,25,26)/t15?,16?,17?,20-/m0/s1. The summed E-state index contributed by atoms with van der Waals surface area (Å²) in [4.78, 5) is 25.5. The molecule has 3 unspecified atom stereocenters. The number of fused-ring (bicyclic) bond motifs is 1. The Morgan fingerprint density at radius 1 is 1.04 bits per heavy atom. The van der Waals surface area contributed by atoms with Crippen LogP contribution in [-0.2, 0) is 4.79 Å². The predicted molar refractivity (Wildman–Crippen MR) is 109 cm³/mol. The summed E-state index contributed by atoms with van der Waals surface area (Å²) in [5, 5.41) is 6.50. The van der Waals surface area contributed by atoms with Crippen molar-refractivity contribution in [1.29, 1.82) is 0 Å². The molecule has 2 aliphatic rings. The molecule has 0 heterocycles. The number of benzene rings is 1. The van der Waals surface area contributed by atoms with Crippen LogP contribution in [0.3, 0.4) is 0 Å². The Morgan fingerprint density at radius 3 is 2.44 bits per heavy atom. The van der Waals surface area contributed by atoms with Crippen molar-refractivity contribution in [3.8, 4) is 0 Å². The Kier molecular flexibility index (Phi) is 6.80. The molecule has 0 radical (unpaired) electrons. The first-order chi connectivity index (χ1) is 13.0. The van der Waals surface area contributed by atoms with E-state index in [1.165, 1.54) is 32.1 Å². The lowest BCUT2D eigenvalue weighted by atomic mass is 9.69. The lowest BCUT2D eigenvalue weighted by Crippen LogP contribution is -2.53. The molecule has 0 aliphatic heterocycles. The van der Waals surface area contributed by atoms with Crippen LogP contribution in [0.25, 0.3) is 0 Å². The third-order valence-corrected chi connectivity index (χ3v) is 6.57. The van der Waals surface area contributed by atoms with Crippen molar-refractivity contribution in [3.63, 3.8) is 0 Å². The molecule has 3 rings (SSSR count). The fourth-order valence-electron chi connectivity index (χ4n) is 4.69. The molecule has 148 valence electrons. The summed E-state index contributed by atoms with van der Waals surface area (Å²) in [5.41, 5.74) is 0.403. The van der Waals surface area contributed by atoms with E-state index in [9.17, 15) is 9.59 Å². The molecule has 0 saturated heterocycles. The molecular weight excluding hydrogens is 360 g/mol. The molecule has 0 spiro atoms. The van der Waals surface area contributed by atoms with Gasteiger partial charge < -0.3 is 10.6 Å². The smallest absolute Gasteiger partial charge is 0.253 e. The van der Waals surface area contributed by atoms with Crippen molar-refractivity contribution in [3.05, 3.63) is 34.9 Å². The van der Waals surface area contributed by atoms with Gasteiger partial charge in [-0.05, 0) is 49.1 Å². The number of carbonyl (C=O) groups excluding carboxylic acids is 2. The molecule has 27 heavy (non-hydrogen) atoms. The zero-order valence-electron chi connectivity index (χ0n) is 16.3. The van der Waals surface area contributed by atoms with Gasteiger partial charge in [0.1, 0.15) is 6.04 Å². The zero-order valence-corrected chi connectivity index (χ0v) is 17.1. The molecule has 5 heteroatoms. The van der Waals surface area contributed by atoms with Gasteiger partial charge in [0, 0.05) is 6.04 Å². The lowest BCUT2D eigenvalue weighted by molar-refractivity contribution is -0.125. The number of nitrogens with one attached hydrogen (secondary N) is 2. The van der Waals surface area contributed by atoms with Gasteiger partial charge in [-0.25, -0.2) is 0 Å². The van der Waals surface area contributed by atoms with Crippen LogP contribution in [0, 0.1) is 17.8 Å². The molecule has 2 saturated carbocycles. The summed E-state index contributed by atoms with van der Waals surface area (Å²) in [6.45, 7) is 3.91. The monoisotopic (exact) mass is 390 g/mol. The van der Waals surface area contributed by atoms with Crippen molar-refractivity contribution in [2.45, 2.75) is 70.9 Å². The van der Waals surface area contributed by atoms with Crippen molar-refractivity contribution in [2.75, 3.05) is 0 Å². The highest BCUT2D eigenvalue weighted by atomic mass is 35.5. The number of rotatable bonds is 5. The number of hydrogen-bond acceptors (Lipinski definition) is 2. The minimum atomic E-state index is -0.558. The van der Waals surface area contributed by atoms with Crippen LogP contribution < -0.4 is 10.6 Å². The fraction of sp³-hybridized carbons (Fsp3) is 0.636. The third kappa shape index (κ3) is 5.04. The molecule has 2 amide bonds. The fourth-order valence-corrected chi connectivity index (χ4v) is 4.92. The van der Waals surface area contributed by atoms with E-state index in [1.807, 2.05) is 13.8 Å². The predicted octanol–water partition coefficient (Wildman–Crippen LogP) is 4.57. The van der Waals surface area contributed by atoms with Gasteiger partial charge in [-0.2, -0.15) is 0 Å². The van der Waals surface area contributed by atoms with E-state index in [0.717, 1.165) is 24.7 Å². The van der Waals surface area contributed by atoms with Crippen LogP contribution in [0.5, 0.6) is 0 Å². The lowest BCUT2D eigenvalue weighted by Gasteiger charge is -2.40. The average Bonchev–Trinajstić information content (AvgIpc) is 2.65. The average molecular weight is 391 g/mol. The molecule has 2 aliphatic carbocycles. The van der Waals surface area contributed by atoms with E-state index in [2.05, 4.69) is 10.6 Å². The molecule has 0 bridgehead atoms. The maximum Gasteiger partial charge on any atom is 0.253 e. The van der Waals surface area contributed by atoms with Crippen LogP contribution in [-0.4, -0.2) is 23.9 Å². The molecule has 0 aromatic heterocycles. The van der Waals surface area contributed by atoms with Crippen LogP contribution in [0.2, 0.25) is 5.02 Å². The van der Waals surface area contributed by atoms with Crippen LogP contribution in [0.1, 0.15) is 69.2 Å². The summed E-state index contributed by atoms with van der Waals surface area (Å²) in [5.74, 6) is 1.23. The highest BCUT2D eigenvalue weighted by molar-refractivity contribution is 6.33. The van der Waals surface area contributed by atoms with Gasteiger partial charge in [-0.15, -0.1) is 0 Å². The normalized spacial score (nSPS) is 26.1. The second-order valence-electron chi connectivity index (χ2n) is 8.50. The summed E-state index contributed by atoms with van der Waals surface area (Å²) < 4.78 is 0. The summed E-state index contributed by atoms with van der Waals surface area (Å²) in [6, 6.07) is 6.59. The third-order valence-electron chi connectivity index (χ3n) is 6.24. The van der Waals surface area contributed by atoms with E-state index in [-0.39, 0.29) is 23.8 Å². The first kappa shape index (κ1) is 20.2. The van der Waals surface area contributed by atoms with Gasteiger partial charge in [0.2, 0.25) is 5.91 Å². The Morgan fingerprint density at radius 2 is 1.74 bits per heavy atom. The van der Waals surface area contributed by atoms with Gasteiger partial charge in [-0.3, -0.25) is 9.59 Å². The summed E-state index contributed by atoms with van der Waals surface area (Å²) >= 11 is 6.12. The SMILES string of the molecule is CC(C)[C@H](NC(=O)c1ccccc1Cl)C(=O)NC1CCC2CCCCC2C1. The van der Waals surface area contributed by atoms with Crippen molar-refractivity contribution in [2.24, 2.45) is 17.8 Å². The minimum absolute atomic E-state index is 0.00228. The first-order valence-corrected chi connectivity index (χ1v) is 10.7. The van der Waals surface area contributed by atoms with E-state index in [1.54, 1.807) is 24.3 Å². The minimum Gasteiger partial charge on any atom is -0.352 e. The molecular formula is C22H31ClN2O2. The van der Waals surface area contributed by atoms with Crippen molar-refractivity contribution < 1.29 is 9.59 Å². The number of carbonyl (C=O) groups is 2. The van der Waals surface area contributed by atoms with Gasteiger partial charge >= 0.3 is 0 Å². The maximum atomic E-state index is 12.9. The summed E-state index contributed by atoms with van der Waals surface area (Å²) in [6.07, 6.45) is 8.69. The van der Waals surface area contributed by atoms with Gasteiger partial charge in [0.15, 0.2) is 0 Å². The topological polar surface area (TPSA) is 58.2 Å². The maximum absolute atomic E-state index is 12.9. The van der Waals surface area contributed by atoms with E-state index in [4.69, 9.17) is 11.6 Å². The van der Waals surface area contributed by atoms with E-state index >= 15 is 0 Å². The van der Waals surface area contributed by atoms with E-state index in [0.29, 0.717) is 10.6 Å². The second-order valence-corrected chi connectivity index (χ2v) is 8.91. The Balaban J connectivity index is 1.60. The Bertz CT molecular complexity index is 676. The first-order valence-electron chi connectivity index (χ1n) is 10.3. The Labute approximate surface area is 167 Å². The quantitative estimate of drug-likeness (QED) is 0.773. The molecule has 4 atom stereocenters. The highest BCUT2D eigenvalue weighted by Gasteiger charge is 2.34. The molecule has 1 aromatic rings. The molecule has 4 nitrogen and oxygen atoms in total. The second kappa shape index (κ2) is 9.09. The van der Waals surface area contributed by atoms with Crippen molar-refractivity contribution in [1.82, 2.24) is 10.6 Å². The Hall–Kier alpha value is -1.55. The zero-order chi connectivity index (χ0) is 19.4. The molecule has 1 aromatic carbocycles. The van der Waals surface area contributed by atoms with Gasteiger partial charge in [0.25, 0.3) is 5.91 Å². The van der Waals surface area contributed by atoms with Crippen molar-refractivity contribution >= 4 is 23.4 Å². The van der Waals surface area contributed by atoms with Crippen LogP contribution in [0.4, 0.5) is 0 Å². The van der Waals surface area contributed by atoms with Crippen LogP contribution >= 0.6 is 11.6 Å². The number of halogens is 1.